The van der Waals surface area contributed by atoms with Gasteiger partial charge in [-0.3, -0.25) is 0 Å². The monoisotopic (exact) mass is 340 g/mol. The summed E-state index contributed by atoms with van der Waals surface area (Å²) in [5.74, 6) is 0.754. The van der Waals surface area contributed by atoms with E-state index in [1.54, 1.807) is 0 Å². The predicted octanol–water partition coefficient (Wildman–Crippen LogP) is 6.41. The van der Waals surface area contributed by atoms with Crippen LogP contribution in [-0.2, 0) is 0 Å². The van der Waals surface area contributed by atoms with Crippen LogP contribution >= 0.6 is 0 Å². The van der Waals surface area contributed by atoms with Crippen molar-refractivity contribution < 1.29 is 0 Å². The SMILES string of the molecule is C=C(C)/C=C(C)\C=C\c1cc(C2=CCCC=C2)nc(-c2ccccc2)n1. The van der Waals surface area contributed by atoms with Crippen molar-refractivity contribution in [2.75, 3.05) is 0 Å². The molecule has 0 unspecified atom stereocenters. The molecule has 0 saturated heterocycles. The van der Waals surface area contributed by atoms with Gasteiger partial charge in [-0.15, -0.1) is 0 Å². The van der Waals surface area contributed by atoms with E-state index in [0.717, 1.165) is 46.8 Å². The Balaban J connectivity index is 2.03. The van der Waals surface area contributed by atoms with E-state index >= 15 is 0 Å². The van der Waals surface area contributed by atoms with Gasteiger partial charge in [0.05, 0.1) is 11.4 Å². The van der Waals surface area contributed by atoms with Gasteiger partial charge in [0.15, 0.2) is 5.82 Å². The van der Waals surface area contributed by atoms with Crippen LogP contribution < -0.4 is 0 Å². The number of allylic oxidation sites excluding steroid dienone is 8. The molecule has 0 amide bonds. The van der Waals surface area contributed by atoms with Gasteiger partial charge in [0.25, 0.3) is 0 Å². The van der Waals surface area contributed by atoms with E-state index in [9.17, 15) is 0 Å². The van der Waals surface area contributed by atoms with Crippen LogP contribution in [-0.4, -0.2) is 9.97 Å². The Morgan fingerprint density at radius 1 is 1.08 bits per heavy atom. The molecule has 0 radical (unpaired) electrons. The molecule has 2 aromatic rings. The maximum absolute atomic E-state index is 4.81. The van der Waals surface area contributed by atoms with Crippen molar-refractivity contribution in [2.45, 2.75) is 26.7 Å². The van der Waals surface area contributed by atoms with Crippen LogP contribution in [0.2, 0.25) is 0 Å². The first-order chi connectivity index (χ1) is 12.6. The third kappa shape index (κ3) is 4.76. The average Bonchev–Trinajstić information content (AvgIpc) is 2.67. The number of aromatic nitrogens is 2. The fourth-order valence-corrected chi connectivity index (χ4v) is 2.87. The Labute approximate surface area is 156 Å². The summed E-state index contributed by atoms with van der Waals surface area (Å²) in [6, 6.07) is 12.2. The Bertz CT molecular complexity index is 912. The summed E-state index contributed by atoms with van der Waals surface area (Å²) in [4.78, 5) is 9.56. The molecule has 0 aliphatic heterocycles. The van der Waals surface area contributed by atoms with Crippen LogP contribution in [0.25, 0.3) is 23.0 Å². The maximum atomic E-state index is 4.81. The van der Waals surface area contributed by atoms with Crippen molar-refractivity contribution in [1.29, 1.82) is 0 Å². The summed E-state index contributed by atoms with van der Waals surface area (Å²) in [6.07, 6.45) is 14.9. The van der Waals surface area contributed by atoms with Crippen LogP contribution in [0.4, 0.5) is 0 Å². The minimum atomic E-state index is 0.754. The first-order valence-corrected chi connectivity index (χ1v) is 8.95. The van der Waals surface area contributed by atoms with E-state index in [1.165, 1.54) is 5.57 Å². The predicted molar refractivity (Wildman–Crippen MR) is 111 cm³/mol. The zero-order valence-electron chi connectivity index (χ0n) is 15.4. The minimum Gasteiger partial charge on any atom is -0.229 e. The quantitative estimate of drug-likeness (QED) is 0.587. The largest absolute Gasteiger partial charge is 0.229 e. The average molecular weight is 340 g/mol. The second-order valence-corrected chi connectivity index (χ2v) is 6.57. The third-order valence-corrected chi connectivity index (χ3v) is 4.06. The molecule has 1 aliphatic rings. The van der Waals surface area contributed by atoms with E-state index in [0.29, 0.717) is 0 Å². The lowest BCUT2D eigenvalue weighted by molar-refractivity contribution is 1.03. The number of hydrogen-bond acceptors (Lipinski definition) is 2. The summed E-state index contributed by atoms with van der Waals surface area (Å²) in [6.45, 7) is 7.99. The Kier molecular flexibility index (Phi) is 5.75. The minimum absolute atomic E-state index is 0.754. The van der Waals surface area contributed by atoms with E-state index < -0.39 is 0 Å². The Morgan fingerprint density at radius 2 is 1.88 bits per heavy atom. The summed E-state index contributed by atoms with van der Waals surface area (Å²) in [5, 5.41) is 0. The highest BCUT2D eigenvalue weighted by molar-refractivity contribution is 5.75. The van der Waals surface area contributed by atoms with Gasteiger partial charge in [0.1, 0.15) is 0 Å². The van der Waals surface area contributed by atoms with Gasteiger partial charge in [-0.2, -0.15) is 0 Å². The van der Waals surface area contributed by atoms with Crippen LogP contribution in [0, 0.1) is 0 Å². The molecule has 0 N–H and O–H groups in total. The molecular weight excluding hydrogens is 316 g/mol. The molecule has 1 aromatic carbocycles. The molecule has 1 heterocycles. The van der Waals surface area contributed by atoms with Crippen LogP contribution in [0.3, 0.4) is 0 Å². The van der Waals surface area contributed by atoms with Crippen molar-refractivity contribution in [3.8, 4) is 11.4 Å². The van der Waals surface area contributed by atoms with Crippen LogP contribution in [0.5, 0.6) is 0 Å². The molecule has 2 heteroatoms. The van der Waals surface area contributed by atoms with Gasteiger partial charge in [0, 0.05) is 5.56 Å². The van der Waals surface area contributed by atoms with Crippen LogP contribution in [0.1, 0.15) is 38.1 Å². The normalized spacial score (nSPS) is 14.5. The molecule has 0 saturated carbocycles. The molecular formula is C24H24N2. The second kappa shape index (κ2) is 8.39. The van der Waals surface area contributed by atoms with Gasteiger partial charge in [0.2, 0.25) is 0 Å². The van der Waals surface area contributed by atoms with Crippen molar-refractivity contribution in [1.82, 2.24) is 9.97 Å². The van der Waals surface area contributed by atoms with Crippen molar-refractivity contribution in [3.63, 3.8) is 0 Å². The summed E-state index contributed by atoms with van der Waals surface area (Å²) in [5.41, 5.74) is 6.26. The van der Waals surface area contributed by atoms with Crippen LogP contribution in [0.15, 0.2) is 84.5 Å². The summed E-state index contributed by atoms with van der Waals surface area (Å²) in [7, 11) is 0. The zero-order chi connectivity index (χ0) is 18.4. The number of benzene rings is 1. The van der Waals surface area contributed by atoms with Gasteiger partial charge in [-0.05, 0) is 44.4 Å². The number of hydrogen-bond donors (Lipinski definition) is 0. The van der Waals surface area contributed by atoms with Gasteiger partial charge in [-0.25, -0.2) is 9.97 Å². The van der Waals surface area contributed by atoms with E-state index in [-0.39, 0.29) is 0 Å². The van der Waals surface area contributed by atoms with Crippen molar-refractivity contribution in [3.05, 3.63) is 95.9 Å². The molecule has 2 nitrogen and oxygen atoms in total. The van der Waals surface area contributed by atoms with Crippen molar-refractivity contribution in [2.24, 2.45) is 0 Å². The molecule has 0 fully saturated rings. The summed E-state index contributed by atoms with van der Waals surface area (Å²) < 4.78 is 0. The Morgan fingerprint density at radius 3 is 2.58 bits per heavy atom. The first kappa shape index (κ1) is 17.8. The highest BCUT2D eigenvalue weighted by atomic mass is 14.9. The second-order valence-electron chi connectivity index (χ2n) is 6.57. The number of nitrogens with zero attached hydrogens (tertiary/aromatic N) is 2. The zero-order valence-corrected chi connectivity index (χ0v) is 15.4. The highest BCUT2D eigenvalue weighted by Gasteiger charge is 2.09. The molecule has 3 rings (SSSR count). The van der Waals surface area contributed by atoms with Gasteiger partial charge < -0.3 is 0 Å². The van der Waals surface area contributed by atoms with E-state index in [1.807, 2.05) is 43.3 Å². The molecule has 130 valence electrons. The molecule has 0 atom stereocenters. The lowest BCUT2D eigenvalue weighted by atomic mass is 10.0. The van der Waals surface area contributed by atoms with E-state index in [2.05, 4.69) is 49.9 Å². The first-order valence-electron chi connectivity index (χ1n) is 8.95. The fourth-order valence-electron chi connectivity index (χ4n) is 2.87. The smallest absolute Gasteiger partial charge is 0.160 e. The fraction of sp³-hybridized carbons (Fsp3) is 0.167. The van der Waals surface area contributed by atoms with E-state index in [4.69, 9.17) is 9.97 Å². The Hall–Kier alpha value is -3.00. The lowest BCUT2D eigenvalue weighted by Gasteiger charge is -2.10. The highest BCUT2D eigenvalue weighted by Crippen LogP contribution is 2.24. The molecule has 1 aliphatic carbocycles. The molecule has 0 bridgehead atoms. The molecule has 0 spiro atoms. The third-order valence-electron chi connectivity index (χ3n) is 4.06. The lowest BCUT2D eigenvalue weighted by Crippen LogP contribution is -1.98. The molecule has 26 heavy (non-hydrogen) atoms. The standard InChI is InChI=1S/C24H24N2/c1-18(2)16-19(3)14-15-22-17-23(20-10-6-4-7-11-20)26-24(25-22)21-12-8-5-9-13-21/h5-6,8-17H,1,4,7H2,2-3H3/b15-14+,19-16-. The maximum Gasteiger partial charge on any atom is 0.160 e. The van der Waals surface area contributed by atoms with Crippen molar-refractivity contribution >= 4 is 11.6 Å². The summed E-state index contributed by atoms with van der Waals surface area (Å²) >= 11 is 0. The topological polar surface area (TPSA) is 25.8 Å². The van der Waals surface area contributed by atoms with Gasteiger partial charge in [-0.1, -0.05) is 78.4 Å². The van der Waals surface area contributed by atoms with Gasteiger partial charge >= 0.3 is 0 Å². The molecule has 1 aromatic heterocycles. The number of rotatable bonds is 5.